The van der Waals surface area contributed by atoms with Crippen LogP contribution >= 0.6 is 0 Å². The molecular weight excluding hydrogens is 332 g/mol. The predicted molar refractivity (Wildman–Crippen MR) is 87.4 cm³/mol. The van der Waals surface area contributed by atoms with Gasteiger partial charge in [-0.3, -0.25) is 14.4 Å². The van der Waals surface area contributed by atoms with Gasteiger partial charge in [-0.15, -0.1) is 0 Å². The van der Waals surface area contributed by atoms with Crippen LogP contribution in [0.25, 0.3) is 0 Å². The van der Waals surface area contributed by atoms with Gasteiger partial charge in [0.15, 0.2) is 0 Å². The molecule has 0 aliphatic carbocycles. The summed E-state index contributed by atoms with van der Waals surface area (Å²) < 4.78 is 0. The molecule has 1 heterocycles. The van der Waals surface area contributed by atoms with Crippen molar-refractivity contribution in [2.45, 2.75) is 56.7 Å². The lowest BCUT2D eigenvalue weighted by molar-refractivity contribution is -0.148. The zero-order valence-corrected chi connectivity index (χ0v) is 14.0. The van der Waals surface area contributed by atoms with Crippen LogP contribution < -0.4 is 16.8 Å². The smallest absolute Gasteiger partial charge is 0.326 e. The maximum absolute atomic E-state index is 12.4. The first-order chi connectivity index (χ1) is 11.8. The maximum Gasteiger partial charge on any atom is 0.326 e. The minimum absolute atomic E-state index is 0.359. The van der Waals surface area contributed by atoms with Crippen molar-refractivity contribution in [3.8, 4) is 0 Å². The molecule has 7 N–H and O–H groups in total. The standard InChI is InChI=1S/C15H26N4O6/c16-6-2-1-4-9(17)14(23)19-7-3-5-11(19)13(22)18-10(15(24)25)8-12(20)21/h9-11H,1-8,16-17H2,(H,18,22)(H,20,21)(H,24,25). The SMILES string of the molecule is NCCCCC(N)C(=O)N1CCCC1C(=O)NC(CC(=O)O)C(=O)O. The summed E-state index contributed by atoms with van der Waals surface area (Å²) in [6.07, 6.45) is 2.15. The van der Waals surface area contributed by atoms with E-state index in [4.69, 9.17) is 21.7 Å². The molecule has 1 fully saturated rings. The van der Waals surface area contributed by atoms with Gasteiger partial charge in [0, 0.05) is 6.54 Å². The molecule has 0 radical (unpaired) electrons. The lowest BCUT2D eigenvalue weighted by Gasteiger charge is -2.27. The molecule has 3 atom stereocenters. The highest BCUT2D eigenvalue weighted by Crippen LogP contribution is 2.19. The van der Waals surface area contributed by atoms with Gasteiger partial charge in [-0.05, 0) is 32.2 Å². The lowest BCUT2D eigenvalue weighted by atomic mass is 10.1. The Balaban J connectivity index is 2.68. The van der Waals surface area contributed by atoms with E-state index in [9.17, 15) is 19.2 Å². The van der Waals surface area contributed by atoms with Crippen molar-refractivity contribution < 1.29 is 29.4 Å². The first-order valence-corrected chi connectivity index (χ1v) is 8.29. The van der Waals surface area contributed by atoms with Crippen molar-refractivity contribution in [3.63, 3.8) is 0 Å². The van der Waals surface area contributed by atoms with E-state index >= 15 is 0 Å². The van der Waals surface area contributed by atoms with Crippen LogP contribution in [0, 0.1) is 0 Å². The minimum Gasteiger partial charge on any atom is -0.481 e. The average Bonchev–Trinajstić information content (AvgIpc) is 3.02. The van der Waals surface area contributed by atoms with Gasteiger partial charge in [0.1, 0.15) is 12.1 Å². The molecule has 1 aliphatic heterocycles. The maximum atomic E-state index is 12.4. The molecule has 0 aromatic carbocycles. The van der Waals surface area contributed by atoms with E-state index in [2.05, 4.69) is 5.32 Å². The molecule has 0 aromatic rings. The largest absolute Gasteiger partial charge is 0.481 e. The monoisotopic (exact) mass is 358 g/mol. The van der Waals surface area contributed by atoms with E-state index in [1.165, 1.54) is 4.90 Å². The fourth-order valence-corrected chi connectivity index (χ4v) is 2.79. The third-order valence-electron chi connectivity index (χ3n) is 4.12. The summed E-state index contributed by atoms with van der Waals surface area (Å²) in [7, 11) is 0. The minimum atomic E-state index is -1.54. The summed E-state index contributed by atoms with van der Waals surface area (Å²) >= 11 is 0. The van der Waals surface area contributed by atoms with E-state index < -0.39 is 42.4 Å². The van der Waals surface area contributed by atoms with Crippen LogP contribution in [0.5, 0.6) is 0 Å². The van der Waals surface area contributed by atoms with Crippen molar-refractivity contribution >= 4 is 23.8 Å². The topological polar surface area (TPSA) is 176 Å². The Labute approximate surface area is 145 Å². The van der Waals surface area contributed by atoms with E-state index in [0.29, 0.717) is 38.8 Å². The van der Waals surface area contributed by atoms with Gasteiger partial charge in [-0.1, -0.05) is 6.42 Å². The Morgan fingerprint density at radius 2 is 1.88 bits per heavy atom. The summed E-state index contributed by atoms with van der Waals surface area (Å²) in [5.41, 5.74) is 11.3. The van der Waals surface area contributed by atoms with Gasteiger partial charge < -0.3 is 31.9 Å². The molecular formula is C15H26N4O6. The first-order valence-electron chi connectivity index (χ1n) is 8.29. The second-order valence-corrected chi connectivity index (χ2v) is 6.08. The number of unbranched alkanes of at least 4 members (excludes halogenated alkanes) is 1. The van der Waals surface area contributed by atoms with E-state index in [1.54, 1.807) is 0 Å². The number of likely N-dealkylation sites (tertiary alicyclic amines) is 1. The molecule has 1 rings (SSSR count). The molecule has 2 amide bonds. The van der Waals surface area contributed by atoms with Gasteiger partial charge in [-0.2, -0.15) is 0 Å². The third kappa shape index (κ3) is 6.31. The number of hydrogen-bond donors (Lipinski definition) is 5. The summed E-state index contributed by atoms with van der Waals surface area (Å²) in [6, 6.07) is -3.11. The average molecular weight is 358 g/mol. The van der Waals surface area contributed by atoms with Gasteiger partial charge in [0.25, 0.3) is 0 Å². The van der Waals surface area contributed by atoms with E-state index in [0.717, 1.165) is 6.42 Å². The van der Waals surface area contributed by atoms with Gasteiger partial charge >= 0.3 is 11.9 Å². The van der Waals surface area contributed by atoms with E-state index in [-0.39, 0.29) is 5.91 Å². The number of carboxylic acids is 2. The van der Waals surface area contributed by atoms with Crippen LogP contribution in [-0.2, 0) is 19.2 Å². The van der Waals surface area contributed by atoms with Crippen molar-refractivity contribution in [1.82, 2.24) is 10.2 Å². The van der Waals surface area contributed by atoms with Crippen LogP contribution in [0.4, 0.5) is 0 Å². The highest BCUT2D eigenvalue weighted by molar-refractivity contribution is 5.93. The fraction of sp³-hybridized carbons (Fsp3) is 0.733. The Kier molecular flexibility index (Phi) is 8.29. The number of nitrogens with zero attached hydrogens (tertiary/aromatic N) is 1. The summed E-state index contributed by atoms with van der Waals surface area (Å²) in [4.78, 5) is 47.9. The van der Waals surface area contributed by atoms with Crippen LogP contribution in [-0.4, -0.2) is 70.1 Å². The second kappa shape index (κ2) is 9.94. The zero-order chi connectivity index (χ0) is 19.0. The molecule has 1 aliphatic rings. The van der Waals surface area contributed by atoms with Gasteiger partial charge in [-0.25, -0.2) is 4.79 Å². The summed E-state index contributed by atoms with van der Waals surface area (Å²) in [5.74, 6) is -3.81. The molecule has 3 unspecified atom stereocenters. The normalized spacial score (nSPS) is 19.3. The van der Waals surface area contributed by atoms with Gasteiger partial charge in [0.05, 0.1) is 12.5 Å². The summed E-state index contributed by atoms with van der Waals surface area (Å²) in [5, 5.41) is 19.9. The lowest BCUT2D eigenvalue weighted by Crippen LogP contribution is -2.54. The zero-order valence-electron chi connectivity index (χ0n) is 14.0. The van der Waals surface area contributed by atoms with Crippen LogP contribution in [0.3, 0.4) is 0 Å². The Bertz CT molecular complexity index is 512. The molecule has 10 heteroatoms. The predicted octanol–water partition coefficient (Wildman–Crippen LogP) is -1.52. The molecule has 1 saturated heterocycles. The first kappa shape index (κ1) is 20.8. The fourth-order valence-electron chi connectivity index (χ4n) is 2.79. The number of hydrogen-bond acceptors (Lipinski definition) is 6. The molecule has 0 spiro atoms. The molecule has 10 nitrogen and oxygen atoms in total. The number of amides is 2. The quantitative estimate of drug-likeness (QED) is 0.292. The van der Waals surface area contributed by atoms with Crippen molar-refractivity contribution in [2.24, 2.45) is 11.5 Å². The van der Waals surface area contributed by atoms with E-state index in [1.807, 2.05) is 0 Å². The van der Waals surface area contributed by atoms with Crippen molar-refractivity contribution in [2.75, 3.05) is 13.1 Å². The molecule has 0 saturated carbocycles. The molecule has 25 heavy (non-hydrogen) atoms. The number of carboxylic acid groups (broad SMARTS) is 2. The number of rotatable bonds is 10. The molecule has 0 aromatic heterocycles. The number of aliphatic carboxylic acids is 2. The Hall–Kier alpha value is -2.20. The number of nitrogens with one attached hydrogen (secondary N) is 1. The van der Waals surface area contributed by atoms with Crippen LogP contribution in [0.15, 0.2) is 0 Å². The van der Waals surface area contributed by atoms with Crippen molar-refractivity contribution in [1.29, 1.82) is 0 Å². The molecule has 142 valence electrons. The Morgan fingerprint density at radius 1 is 1.20 bits per heavy atom. The highest BCUT2D eigenvalue weighted by Gasteiger charge is 2.37. The highest BCUT2D eigenvalue weighted by atomic mass is 16.4. The third-order valence-corrected chi connectivity index (χ3v) is 4.12. The number of carbonyl (C=O) groups is 4. The molecule has 0 bridgehead atoms. The summed E-state index contributed by atoms with van der Waals surface area (Å²) in [6.45, 7) is 0.869. The van der Waals surface area contributed by atoms with Crippen LogP contribution in [0.1, 0.15) is 38.5 Å². The van der Waals surface area contributed by atoms with Crippen molar-refractivity contribution in [3.05, 3.63) is 0 Å². The Morgan fingerprint density at radius 3 is 2.44 bits per heavy atom. The number of carbonyl (C=O) groups excluding carboxylic acids is 2. The second-order valence-electron chi connectivity index (χ2n) is 6.08. The number of nitrogens with two attached hydrogens (primary N) is 2. The van der Waals surface area contributed by atoms with Gasteiger partial charge in [0.2, 0.25) is 11.8 Å². The van der Waals surface area contributed by atoms with Crippen LogP contribution in [0.2, 0.25) is 0 Å².